The maximum Gasteiger partial charge on any atom is 0.307 e. The molecule has 4 aromatic carbocycles. The summed E-state index contributed by atoms with van der Waals surface area (Å²) in [5.74, 6) is -0.997. The van der Waals surface area contributed by atoms with Crippen LogP contribution in [0, 0.1) is 0 Å². The molecule has 4 aromatic rings. The van der Waals surface area contributed by atoms with Crippen LogP contribution in [0.4, 0.5) is 5.69 Å². The summed E-state index contributed by atoms with van der Waals surface area (Å²) in [4.78, 5) is 40.4. The zero-order valence-electron chi connectivity index (χ0n) is 21.3. The van der Waals surface area contributed by atoms with Gasteiger partial charge in [-0.15, -0.1) is 0 Å². The van der Waals surface area contributed by atoms with Crippen LogP contribution in [0.1, 0.15) is 16.7 Å². The molecule has 0 aromatic heterocycles. The van der Waals surface area contributed by atoms with Crippen LogP contribution in [0.2, 0.25) is 0 Å². The molecule has 2 amide bonds. The number of nitrogens with one attached hydrogen (secondary N) is 2. The maximum absolute atomic E-state index is 12.7. The van der Waals surface area contributed by atoms with Gasteiger partial charge >= 0.3 is 5.97 Å². The Morgan fingerprint density at radius 2 is 1.60 bits per heavy atom. The largest absolute Gasteiger partial charge is 0.488 e. The van der Waals surface area contributed by atoms with E-state index in [9.17, 15) is 14.4 Å². The molecule has 8 nitrogen and oxygen atoms in total. The molecule has 1 aliphatic heterocycles. The number of carboxylic acids is 1. The van der Waals surface area contributed by atoms with E-state index < -0.39 is 11.9 Å². The first-order valence-corrected chi connectivity index (χ1v) is 13.3. The Bertz CT molecular complexity index is 1630. The van der Waals surface area contributed by atoms with Gasteiger partial charge in [-0.1, -0.05) is 66.7 Å². The summed E-state index contributed by atoms with van der Waals surface area (Å²) >= 11 is 1.16. The van der Waals surface area contributed by atoms with E-state index in [1.165, 1.54) is 0 Å². The van der Waals surface area contributed by atoms with E-state index in [1.807, 2.05) is 66.7 Å². The third kappa shape index (κ3) is 6.95. The number of carboxylic acid groups (broad SMARTS) is 1. The molecule has 0 unspecified atom stereocenters. The number of fused-ring (bicyclic) bond motifs is 1. The summed E-state index contributed by atoms with van der Waals surface area (Å²) in [5, 5.41) is 16.9. The van der Waals surface area contributed by atoms with Gasteiger partial charge in [0.1, 0.15) is 12.4 Å². The molecular formula is C31H25N3O5S. The molecule has 3 N–H and O–H groups in total. The molecular weight excluding hydrogens is 526 g/mol. The maximum atomic E-state index is 12.7. The normalized spacial score (nSPS) is 13.8. The van der Waals surface area contributed by atoms with Gasteiger partial charge in [0, 0.05) is 11.3 Å². The quantitative estimate of drug-likeness (QED) is 0.244. The minimum Gasteiger partial charge on any atom is -0.488 e. The van der Waals surface area contributed by atoms with Crippen LogP contribution < -0.4 is 15.4 Å². The Kier molecular flexibility index (Phi) is 8.22. The number of amidine groups is 1. The molecule has 9 heteroatoms. The number of nitrogens with zero attached hydrogens (tertiary/aromatic N) is 1. The average Bonchev–Trinajstić information content (AvgIpc) is 3.30. The molecule has 0 radical (unpaired) electrons. The zero-order valence-corrected chi connectivity index (χ0v) is 22.1. The lowest BCUT2D eigenvalue weighted by molar-refractivity contribution is -0.136. The minimum atomic E-state index is -0.921. The van der Waals surface area contributed by atoms with Crippen LogP contribution >= 0.6 is 11.8 Å². The number of carbonyl (C=O) groups is 3. The lowest BCUT2D eigenvalue weighted by atomic mass is 10.1. The molecule has 0 spiro atoms. The van der Waals surface area contributed by atoms with Gasteiger partial charge in [-0.05, 0) is 64.0 Å². The van der Waals surface area contributed by atoms with Crippen molar-refractivity contribution >= 4 is 57.2 Å². The minimum absolute atomic E-state index is 0.0867. The molecule has 40 heavy (non-hydrogen) atoms. The van der Waals surface area contributed by atoms with Gasteiger partial charge < -0.3 is 20.5 Å². The summed E-state index contributed by atoms with van der Waals surface area (Å²) < 4.78 is 6.17. The highest BCUT2D eigenvalue weighted by Crippen LogP contribution is 2.33. The number of aliphatic carboxylic acids is 1. The molecule has 1 aliphatic rings. The van der Waals surface area contributed by atoms with Gasteiger partial charge in [0.2, 0.25) is 5.91 Å². The first kappa shape index (κ1) is 26.7. The second kappa shape index (κ2) is 12.3. The van der Waals surface area contributed by atoms with E-state index in [0.717, 1.165) is 33.7 Å². The topological polar surface area (TPSA) is 117 Å². The van der Waals surface area contributed by atoms with Crippen LogP contribution in [0.25, 0.3) is 16.8 Å². The van der Waals surface area contributed by atoms with Crippen LogP contribution in [0.15, 0.2) is 101 Å². The lowest BCUT2D eigenvalue weighted by Gasteiger charge is -2.12. The number of hydrogen-bond donors (Lipinski definition) is 3. The molecule has 0 aliphatic carbocycles. The van der Waals surface area contributed by atoms with E-state index in [-0.39, 0.29) is 18.9 Å². The number of thioether (sulfide) groups is 1. The van der Waals surface area contributed by atoms with Crippen LogP contribution in [-0.4, -0.2) is 34.6 Å². The van der Waals surface area contributed by atoms with Gasteiger partial charge in [0.25, 0.3) is 5.91 Å². The molecule has 0 fully saturated rings. The average molecular weight is 552 g/mol. The Labute approximate surface area is 234 Å². The molecule has 1 heterocycles. The van der Waals surface area contributed by atoms with Crippen molar-refractivity contribution in [1.29, 1.82) is 0 Å². The van der Waals surface area contributed by atoms with Crippen molar-refractivity contribution in [2.45, 2.75) is 13.0 Å². The molecule has 0 bridgehead atoms. The number of aliphatic imine (C=N–C) groups is 1. The van der Waals surface area contributed by atoms with E-state index in [4.69, 9.17) is 9.84 Å². The van der Waals surface area contributed by atoms with Gasteiger partial charge in [-0.3, -0.25) is 14.4 Å². The second-order valence-electron chi connectivity index (χ2n) is 9.01. The summed E-state index contributed by atoms with van der Waals surface area (Å²) in [7, 11) is 0. The number of rotatable bonds is 9. The Hall–Kier alpha value is -4.89. The van der Waals surface area contributed by atoms with E-state index in [2.05, 4.69) is 15.6 Å². The zero-order chi connectivity index (χ0) is 27.9. The SMILES string of the molecule is O=C(O)Cc1ccc(NC(=O)CNC2=NC(=O)/C(=C\c3cc4ccccc4cc3OCc3ccccc3)S2)cc1. The van der Waals surface area contributed by atoms with E-state index in [0.29, 0.717) is 33.7 Å². The molecule has 0 atom stereocenters. The van der Waals surface area contributed by atoms with E-state index >= 15 is 0 Å². The van der Waals surface area contributed by atoms with Crippen LogP contribution in [0.5, 0.6) is 5.75 Å². The number of hydrogen-bond acceptors (Lipinski definition) is 6. The van der Waals surface area contributed by atoms with E-state index in [1.54, 1.807) is 30.3 Å². The standard InChI is InChI=1S/C31H25N3O5S/c35-28(33-25-12-10-20(11-13-25)14-29(36)37)18-32-31-34-30(38)27(40-31)17-24-15-22-8-4-5-9-23(22)16-26(24)39-19-21-6-2-1-3-7-21/h1-13,15-17H,14,18-19H2,(H,33,35)(H,36,37)(H,32,34,38)/b27-17+. The molecule has 0 saturated carbocycles. The fraction of sp³-hybridized carbons (Fsp3) is 0.0968. The van der Waals surface area contributed by atoms with Crippen molar-refractivity contribution in [3.8, 4) is 5.75 Å². The predicted molar refractivity (Wildman–Crippen MR) is 157 cm³/mol. The monoisotopic (exact) mass is 551 g/mol. The molecule has 0 saturated heterocycles. The van der Waals surface area contributed by atoms with Crippen LogP contribution in [0.3, 0.4) is 0 Å². The molecule has 5 rings (SSSR count). The number of benzene rings is 4. The number of anilines is 1. The summed E-state index contributed by atoms with van der Waals surface area (Å²) in [5.41, 5.74) is 2.96. The summed E-state index contributed by atoms with van der Waals surface area (Å²) in [6, 6.07) is 28.3. The summed E-state index contributed by atoms with van der Waals surface area (Å²) in [6.07, 6.45) is 1.67. The highest BCUT2D eigenvalue weighted by Gasteiger charge is 2.23. The third-order valence-corrected chi connectivity index (χ3v) is 6.96. The number of amides is 2. The number of carbonyl (C=O) groups excluding carboxylic acids is 2. The van der Waals surface area contributed by atoms with Crippen LogP contribution in [-0.2, 0) is 27.4 Å². The van der Waals surface area contributed by atoms with Crippen molar-refractivity contribution < 1.29 is 24.2 Å². The smallest absolute Gasteiger partial charge is 0.307 e. The first-order valence-electron chi connectivity index (χ1n) is 12.5. The highest BCUT2D eigenvalue weighted by atomic mass is 32.2. The van der Waals surface area contributed by atoms with Gasteiger partial charge in [0.05, 0.1) is 17.9 Å². The Morgan fingerprint density at radius 1 is 0.900 bits per heavy atom. The van der Waals surface area contributed by atoms with Crippen molar-refractivity contribution in [1.82, 2.24) is 5.32 Å². The van der Waals surface area contributed by atoms with Crippen molar-refractivity contribution in [2.75, 3.05) is 11.9 Å². The van der Waals surface area contributed by atoms with Crippen molar-refractivity contribution in [3.05, 3.63) is 113 Å². The third-order valence-electron chi connectivity index (χ3n) is 6.02. The predicted octanol–water partition coefficient (Wildman–Crippen LogP) is 5.24. The number of ether oxygens (including phenoxy) is 1. The molecule has 200 valence electrons. The second-order valence-corrected chi connectivity index (χ2v) is 10.0. The lowest BCUT2D eigenvalue weighted by Crippen LogP contribution is -2.30. The fourth-order valence-corrected chi connectivity index (χ4v) is 4.88. The summed E-state index contributed by atoms with van der Waals surface area (Å²) in [6.45, 7) is 0.293. The van der Waals surface area contributed by atoms with Crippen molar-refractivity contribution in [2.24, 2.45) is 4.99 Å². The Balaban J connectivity index is 1.24. The highest BCUT2D eigenvalue weighted by molar-refractivity contribution is 8.18. The van der Waals surface area contributed by atoms with Gasteiger partial charge in [0.15, 0.2) is 5.17 Å². The fourth-order valence-electron chi connectivity index (χ4n) is 4.08. The van der Waals surface area contributed by atoms with Crippen molar-refractivity contribution in [3.63, 3.8) is 0 Å². The van der Waals surface area contributed by atoms with Gasteiger partial charge in [-0.25, -0.2) is 0 Å². The van der Waals surface area contributed by atoms with Gasteiger partial charge in [-0.2, -0.15) is 4.99 Å². The Morgan fingerprint density at radius 3 is 2.33 bits per heavy atom. The first-order chi connectivity index (χ1) is 19.4.